The Hall–Kier alpha value is -1.68. The highest BCUT2D eigenvalue weighted by Crippen LogP contribution is 2.31. The smallest absolute Gasteiger partial charge is 0.230 e. The molecule has 1 heterocycles. The van der Waals surface area contributed by atoms with Crippen molar-refractivity contribution in [1.29, 1.82) is 0 Å². The van der Waals surface area contributed by atoms with Crippen molar-refractivity contribution in [3.8, 4) is 0 Å². The first-order valence-electron chi connectivity index (χ1n) is 6.87. The summed E-state index contributed by atoms with van der Waals surface area (Å²) in [5.41, 5.74) is 6.98. The minimum absolute atomic E-state index is 0.0302. The van der Waals surface area contributed by atoms with E-state index in [1.165, 1.54) is 0 Å². The van der Waals surface area contributed by atoms with E-state index in [0.29, 0.717) is 12.6 Å². The Morgan fingerprint density at radius 3 is 2.63 bits per heavy atom. The molecule has 2 atom stereocenters. The lowest BCUT2D eigenvalue weighted by Crippen LogP contribution is -2.37. The summed E-state index contributed by atoms with van der Waals surface area (Å²) >= 11 is 0. The topological polar surface area (TPSA) is 59.2 Å². The molecule has 2 N–H and O–H groups in total. The summed E-state index contributed by atoms with van der Waals surface area (Å²) in [5, 5.41) is 0. The fourth-order valence-corrected chi connectivity index (χ4v) is 2.58. The van der Waals surface area contributed by atoms with E-state index < -0.39 is 0 Å². The largest absolute Gasteiger partial charge is 0.335 e. The van der Waals surface area contributed by atoms with E-state index in [9.17, 15) is 4.79 Å². The zero-order valence-corrected chi connectivity index (χ0v) is 10.9. The predicted molar refractivity (Wildman–Crippen MR) is 73.0 cm³/mol. The highest BCUT2D eigenvalue weighted by atomic mass is 16.2. The first-order chi connectivity index (χ1) is 9.24. The van der Waals surface area contributed by atoms with Crippen LogP contribution in [-0.4, -0.2) is 27.9 Å². The van der Waals surface area contributed by atoms with Gasteiger partial charge in [-0.3, -0.25) is 9.78 Å². The normalized spacial score (nSPS) is 25.5. The van der Waals surface area contributed by atoms with Crippen molar-refractivity contribution in [2.75, 3.05) is 0 Å². The minimum Gasteiger partial charge on any atom is -0.335 e. The highest BCUT2D eigenvalue weighted by molar-refractivity contribution is 5.81. The maximum atomic E-state index is 12.6. The summed E-state index contributed by atoms with van der Waals surface area (Å²) in [4.78, 5) is 18.6. The van der Waals surface area contributed by atoms with Gasteiger partial charge in [-0.1, -0.05) is 12.2 Å². The number of amides is 1. The average molecular weight is 257 g/mol. The molecule has 0 radical (unpaired) electrons. The van der Waals surface area contributed by atoms with Crippen LogP contribution in [0.1, 0.15) is 24.8 Å². The van der Waals surface area contributed by atoms with Gasteiger partial charge in [-0.25, -0.2) is 0 Å². The number of rotatable bonds is 4. The zero-order chi connectivity index (χ0) is 13.2. The van der Waals surface area contributed by atoms with Crippen LogP contribution in [0.3, 0.4) is 0 Å². The Labute approximate surface area is 113 Å². The van der Waals surface area contributed by atoms with Gasteiger partial charge in [0.2, 0.25) is 5.91 Å². The average Bonchev–Trinajstić information content (AvgIpc) is 3.18. The van der Waals surface area contributed by atoms with E-state index in [1.807, 2.05) is 29.2 Å². The lowest BCUT2D eigenvalue weighted by molar-refractivity contribution is -0.135. The lowest BCUT2D eigenvalue weighted by Gasteiger charge is -2.25. The molecule has 0 bridgehead atoms. The van der Waals surface area contributed by atoms with Crippen LogP contribution in [0, 0.1) is 5.92 Å². The van der Waals surface area contributed by atoms with E-state index in [2.05, 4.69) is 4.98 Å². The van der Waals surface area contributed by atoms with E-state index in [1.54, 1.807) is 12.4 Å². The van der Waals surface area contributed by atoms with Crippen molar-refractivity contribution in [3.63, 3.8) is 0 Å². The molecule has 2 unspecified atom stereocenters. The molecule has 4 nitrogen and oxygen atoms in total. The van der Waals surface area contributed by atoms with Crippen LogP contribution >= 0.6 is 0 Å². The van der Waals surface area contributed by atoms with Crippen LogP contribution < -0.4 is 5.73 Å². The molecule has 1 aromatic rings. The molecule has 4 heteroatoms. The molecule has 19 heavy (non-hydrogen) atoms. The lowest BCUT2D eigenvalue weighted by atomic mass is 10.1. The van der Waals surface area contributed by atoms with Gasteiger partial charge in [0, 0.05) is 31.0 Å². The fraction of sp³-hybridized carbons (Fsp3) is 0.467. The van der Waals surface area contributed by atoms with Crippen molar-refractivity contribution < 1.29 is 4.79 Å². The number of aromatic nitrogens is 1. The predicted octanol–water partition coefficient (Wildman–Crippen LogP) is 1.48. The molecular weight excluding hydrogens is 238 g/mol. The molecule has 2 aliphatic rings. The Bertz CT molecular complexity index is 481. The first kappa shape index (κ1) is 12.4. The van der Waals surface area contributed by atoms with Gasteiger partial charge in [-0.2, -0.15) is 0 Å². The van der Waals surface area contributed by atoms with Gasteiger partial charge in [-0.05, 0) is 37.0 Å². The standard InChI is InChI=1S/C15H19N3O/c16-13-2-1-12(9-13)15(19)18(14-3-4-14)10-11-5-7-17-8-6-11/h1-2,5-8,12-14H,3-4,9-10,16H2. The third-order valence-corrected chi connectivity index (χ3v) is 3.81. The summed E-state index contributed by atoms with van der Waals surface area (Å²) in [6.45, 7) is 0.686. The van der Waals surface area contributed by atoms with Gasteiger partial charge >= 0.3 is 0 Å². The third kappa shape index (κ3) is 2.84. The summed E-state index contributed by atoms with van der Waals surface area (Å²) in [5.74, 6) is 0.195. The van der Waals surface area contributed by atoms with E-state index in [0.717, 1.165) is 24.8 Å². The maximum Gasteiger partial charge on any atom is 0.230 e. The number of nitrogens with two attached hydrogens (primary N) is 1. The molecule has 1 fully saturated rings. The van der Waals surface area contributed by atoms with Crippen LogP contribution in [0.4, 0.5) is 0 Å². The number of nitrogens with zero attached hydrogens (tertiary/aromatic N) is 2. The molecule has 1 amide bonds. The molecule has 0 spiro atoms. The Balaban J connectivity index is 1.71. The van der Waals surface area contributed by atoms with Gasteiger partial charge in [-0.15, -0.1) is 0 Å². The number of pyridine rings is 1. The Morgan fingerprint density at radius 2 is 2.05 bits per heavy atom. The second-order valence-corrected chi connectivity index (χ2v) is 5.44. The highest BCUT2D eigenvalue weighted by Gasteiger charge is 2.36. The molecule has 1 saturated carbocycles. The van der Waals surface area contributed by atoms with Crippen molar-refractivity contribution >= 4 is 5.91 Å². The SMILES string of the molecule is NC1C=CC(C(=O)N(Cc2ccncc2)C2CC2)C1. The van der Waals surface area contributed by atoms with E-state index in [4.69, 9.17) is 5.73 Å². The third-order valence-electron chi connectivity index (χ3n) is 3.81. The monoisotopic (exact) mass is 257 g/mol. The van der Waals surface area contributed by atoms with Crippen molar-refractivity contribution in [3.05, 3.63) is 42.2 Å². The van der Waals surface area contributed by atoms with Crippen LogP contribution in [-0.2, 0) is 11.3 Å². The molecule has 0 saturated heterocycles. The molecule has 1 aromatic heterocycles. The maximum absolute atomic E-state index is 12.6. The van der Waals surface area contributed by atoms with Gasteiger partial charge in [0.05, 0.1) is 5.92 Å². The van der Waals surface area contributed by atoms with E-state index >= 15 is 0 Å². The first-order valence-corrected chi connectivity index (χ1v) is 6.87. The van der Waals surface area contributed by atoms with Crippen molar-refractivity contribution in [2.45, 2.75) is 37.9 Å². The Morgan fingerprint density at radius 1 is 1.32 bits per heavy atom. The van der Waals surface area contributed by atoms with Gasteiger partial charge in [0.25, 0.3) is 0 Å². The molecule has 0 aliphatic heterocycles. The Kier molecular flexibility index (Phi) is 3.34. The number of hydrogen-bond acceptors (Lipinski definition) is 3. The van der Waals surface area contributed by atoms with Crippen LogP contribution in [0.5, 0.6) is 0 Å². The van der Waals surface area contributed by atoms with Gasteiger partial charge in [0.1, 0.15) is 0 Å². The summed E-state index contributed by atoms with van der Waals surface area (Å²) < 4.78 is 0. The second-order valence-electron chi connectivity index (χ2n) is 5.44. The second kappa shape index (κ2) is 5.13. The van der Waals surface area contributed by atoms with Crippen molar-refractivity contribution in [2.24, 2.45) is 11.7 Å². The molecule has 100 valence electrons. The number of hydrogen-bond donors (Lipinski definition) is 1. The molecule has 3 rings (SSSR count). The van der Waals surface area contributed by atoms with Crippen LogP contribution in [0.15, 0.2) is 36.7 Å². The van der Waals surface area contributed by atoms with Gasteiger partial charge < -0.3 is 10.6 Å². The van der Waals surface area contributed by atoms with Crippen molar-refractivity contribution in [1.82, 2.24) is 9.88 Å². The number of carbonyl (C=O) groups is 1. The fourth-order valence-electron chi connectivity index (χ4n) is 2.58. The van der Waals surface area contributed by atoms with Crippen LogP contribution in [0.2, 0.25) is 0 Å². The summed E-state index contributed by atoms with van der Waals surface area (Å²) in [7, 11) is 0. The molecule has 0 aromatic carbocycles. The van der Waals surface area contributed by atoms with E-state index in [-0.39, 0.29) is 17.9 Å². The molecule has 2 aliphatic carbocycles. The molecular formula is C15H19N3O. The van der Waals surface area contributed by atoms with Gasteiger partial charge in [0.15, 0.2) is 0 Å². The quantitative estimate of drug-likeness (QED) is 0.831. The zero-order valence-electron chi connectivity index (χ0n) is 10.9. The number of carbonyl (C=O) groups excluding carboxylic acids is 1. The minimum atomic E-state index is -0.0302. The summed E-state index contributed by atoms with van der Waals surface area (Å²) in [6.07, 6.45) is 10.5. The van der Waals surface area contributed by atoms with Crippen LogP contribution in [0.25, 0.3) is 0 Å². The summed E-state index contributed by atoms with van der Waals surface area (Å²) in [6, 6.07) is 4.40.